The molecule has 1 aliphatic heterocycles. The van der Waals surface area contributed by atoms with Crippen LogP contribution < -0.4 is 5.32 Å². The average molecular weight is 328 g/mol. The molecule has 0 saturated carbocycles. The zero-order valence-corrected chi connectivity index (χ0v) is 13.4. The van der Waals surface area contributed by atoms with Crippen LogP contribution in [0.25, 0.3) is 5.69 Å². The van der Waals surface area contributed by atoms with E-state index in [9.17, 15) is 9.59 Å². The molecule has 8 heteroatoms. The van der Waals surface area contributed by atoms with Crippen molar-refractivity contribution in [3.05, 3.63) is 30.6 Å². The SMILES string of the molecule is O=C(CN1CCCCCCC1=O)Nc1ccccc1-n1cnnn1. The van der Waals surface area contributed by atoms with Crippen molar-refractivity contribution in [1.82, 2.24) is 25.1 Å². The predicted molar refractivity (Wildman–Crippen MR) is 87.4 cm³/mol. The van der Waals surface area contributed by atoms with Gasteiger partial charge in [-0.3, -0.25) is 9.59 Å². The molecule has 3 rings (SSSR count). The molecule has 24 heavy (non-hydrogen) atoms. The molecule has 2 aromatic rings. The van der Waals surface area contributed by atoms with E-state index in [1.165, 1.54) is 11.0 Å². The van der Waals surface area contributed by atoms with Gasteiger partial charge in [-0.25, -0.2) is 0 Å². The van der Waals surface area contributed by atoms with Crippen LogP contribution in [0.3, 0.4) is 0 Å². The zero-order chi connectivity index (χ0) is 16.8. The van der Waals surface area contributed by atoms with Crippen molar-refractivity contribution in [2.75, 3.05) is 18.4 Å². The number of benzene rings is 1. The maximum Gasteiger partial charge on any atom is 0.244 e. The normalized spacial score (nSPS) is 15.7. The lowest BCUT2D eigenvalue weighted by Gasteiger charge is -2.24. The largest absolute Gasteiger partial charge is 0.333 e. The third-order valence-electron chi connectivity index (χ3n) is 4.03. The van der Waals surface area contributed by atoms with Crippen molar-refractivity contribution in [2.45, 2.75) is 32.1 Å². The van der Waals surface area contributed by atoms with Crippen LogP contribution in [0.1, 0.15) is 32.1 Å². The Morgan fingerprint density at radius 2 is 2.00 bits per heavy atom. The highest BCUT2D eigenvalue weighted by molar-refractivity contribution is 5.96. The van der Waals surface area contributed by atoms with Gasteiger partial charge in [0.15, 0.2) is 0 Å². The molecule has 0 atom stereocenters. The standard InChI is InChI=1S/C16H20N6O2/c23-15(11-21-10-6-2-1-3-9-16(21)24)18-13-7-4-5-8-14(13)22-12-17-19-20-22/h4-5,7-8,12H,1-3,6,9-11H2,(H,18,23). The smallest absolute Gasteiger partial charge is 0.244 e. The third kappa shape index (κ3) is 3.95. The van der Waals surface area contributed by atoms with Crippen LogP contribution in [0.2, 0.25) is 0 Å². The molecule has 126 valence electrons. The molecule has 0 aliphatic carbocycles. The molecule has 1 aromatic heterocycles. The summed E-state index contributed by atoms with van der Waals surface area (Å²) < 4.78 is 1.48. The van der Waals surface area contributed by atoms with E-state index in [0.29, 0.717) is 24.3 Å². The van der Waals surface area contributed by atoms with E-state index in [2.05, 4.69) is 20.8 Å². The molecule has 8 nitrogen and oxygen atoms in total. The highest BCUT2D eigenvalue weighted by Gasteiger charge is 2.19. The predicted octanol–water partition coefficient (Wildman–Crippen LogP) is 1.39. The molecule has 2 amide bonds. The summed E-state index contributed by atoms with van der Waals surface area (Å²) >= 11 is 0. The Hall–Kier alpha value is -2.77. The number of likely N-dealkylation sites (tertiary alicyclic amines) is 1. The van der Waals surface area contributed by atoms with Crippen LogP contribution in [-0.4, -0.2) is 50.0 Å². The van der Waals surface area contributed by atoms with Gasteiger partial charge in [-0.05, 0) is 35.4 Å². The van der Waals surface area contributed by atoms with E-state index in [1.54, 1.807) is 11.0 Å². The molecule has 0 radical (unpaired) electrons. The Kier molecular flexibility index (Phi) is 5.15. The highest BCUT2D eigenvalue weighted by Crippen LogP contribution is 2.18. The Bertz CT molecular complexity index is 700. The summed E-state index contributed by atoms with van der Waals surface area (Å²) in [5.41, 5.74) is 1.28. The molecule has 0 bridgehead atoms. The molecule has 1 aromatic carbocycles. The lowest BCUT2D eigenvalue weighted by atomic mass is 10.1. The average Bonchev–Trinajstić information content (AvgIpc) is 3.09. The van der Waals surface area contributed by atoms with E-state index in [-0.39, 0.29) is 18.4 Å². The molecule has 0 unspecified atom stereocenters. The maximum atomic E-state index is 12.4. The summed E-state index contributed by atoms with van der Waals surface area (Å²) in [6.07, 6.45) is 6.03. The number of para-hydroxylation sites is 2. The maximum absolute atomic E-state index is 12.4. The van der Waals surface area contributed by atoms with Crippen molar-refractivity contribution in [2.24, 2.45) is 0 Å². The molecule has 0 spiro atoms. The Labute approximate surface area is 139 Å². The fourth-order valence-electron chi connectivity index (χ4n) is 2.80. The number of aromatic nitrogens is 4. The van der Waals surface area contributed by atoms with Crippen molar-refractivity contribution >= 4 is 17.5 Å². The van der Waals surface area contributed by atoms with Gasteiger partial charge in [0.05, 0.1) is 17.9 Å². The first kappa shape index (κ1) is 16.1. The first-order valence-corrected chi connectivity index (χ1v) is 8.14. The Morgan fingerprint density at radius 3 is 2.83 bits per heavy atom. The van der Waals surface area contributed by atoms with Crippen LogP contribution in [0, 0.1) is 0 Å². The van der Waals surface area contributed by atoms with Crippen LogP contribution in [0.4, 0.5) is 5.69 Å². The van der Waals surface area contributed by atoms with Gasteiger partial charge in [0, 0.05) is 13.0 Å². The molecular weight excluding hydrogens is 308 g/mol. The minimum absolute atomic E-state index is 0.0543. The second-order valence-corrected chi connectivity index (χ2v) is 5.80. The quantitative estimate of drug-likeness (QED) is 0.915. The van der Waals surface area contributed by atoms with E-state index < -0.39 is 0 Å². The minimum atomic E-state index is -0.218. The number of nitrogens with one attached hydrogen (secondary N) is 1. The van der Waals surface area contributed by atoms with Crippen LogP contribution in [0.5, 0.6) is 0 Å². The number of hydrogen-bond donors (Lipinski definition) is 1. The first-order valence-electron chi connectivity index (χ1n) is 8.14. The van der Waals surface area contributed by atoms with Gasteiger partial charge in [-0.2, -0.15) is 4.68 Å². The van der Waals surface area contributed by atoms with Gasteiger partial charge in [-0.1, -0.05) is 25.0 Å². The second-order valence-electron chi connectivity index (χ2n) is 5.80. The van der Waals surface area contributed by atoms with Crippen molar-refractivity contribution in [3.63, 3.8) is 0 Å². The summed E-state index contributed by atoms with van der Waals surface area (Å²) in [6, 6.07) is 7.26. The number of amides is 2. The van der Waals surface area contributed by atoms with Gasteiger partial charge < -0.3 is 10.2 Å². The van der Waals surface area contributed by atoms with Crippen LogP contribution >= 0.6 is 0 Å². The Balaban J connectivity index is 1.68. The second kappa shape index (κ2) is 7.67. The van der Waals surface area contributed by atoms with E-state index in [4.69, 9.17) is 0 Å². The number of anilines is 1. The van der Waals surface area contributed by atoms with Crippen molar-refractivity contribution in [1.29, 1.82) is 0 Å². The molecule has 1 fully saturated rings. The monoisotopic (exact) mass is 328 g/mol. The number of carbonyl (C=O) groups is 2. The number of tetrazole rings is 1. The third-order valence-corrected chi connectivity index (χ3v) is 4.03. The molecule has 1 aliphatic rings. The summed E-state index contributed by atoms with van der Waals surface area (Å²) in [5.74, 6) is -0.164. The van der Waals surface area contributed by atoms with Gasteiger partial charge in [0.1, 0.15) is 6.33 Å². The van der Waals surface area contributed by atoms with Gasteiger partial charge >= 0.3 is 0 Å². The number of hydrogen-bond acceptors (Lipinski definition) is 5. The number of rotatable bonds is 4. The first-order chi connectivity index (χ1) is 11.7. The summed E-state index contributed by atoms with van der Waals surface area (Å²) in [6.45, 7) is 0.712. The van der Waals surface area contributed by atoms with E-state index >= 15 is 0 Å². The molecule has 1 saturated heterocycles. The fraction of sp³-hybridized carbons (Fsp3) is 0.438. The number of nitrogens with zero attached hydrogens (tertiary/aromatic N) is 5. The van der Waals surface area contributed by atoms with Gasteiger partial charge in [-0.15, -0.1) is 5.10 Å². The van der Waals surface area contributed by atoms with Gasteiger partial charge in [0.25, 0.3) is 0 Å². The minimum Gasteiger partial charge on any atom is -0.333 e. The lowest BCUT2D eigenvalue weighted by molar-refractivity contribution is -0.135. The van der Waals surface area contributed by atoms with Gasteiger partial charge in [0.2, 0.25) is 11.8 Å². The van der Waals surface area contributed by atoms with E-state index in [1.807, 2.05) is 18.2 Å². The van der Waals surface area contributed by atoms with Crippen molar-refractivity contribution in [3.8, 4) is 5.69 Å². The molecule has 2 heterocycles. The topological polar surface area (TPSA) is 93.0 Å². The molecule has 1 N–H and O–H groups in total. The van der Waals surface area contributed by atoms with Crippen LogP contribution in [-0.2, 0) is 9.59 Å². The molecular formula is C16H20N6O2. The summed E-state index contributed by atoms with van der Waals surface area (Å²) in [7, 11) is 0. The number of carbonyl (C=O) groups excluding carboxylic acids is 2. The zero-order valence-electron chi connectivity index (χ0n) is 13.4. The van der Waals surface area contributed by atoms with E-state index in [0.717, 1.165) is 25.7 Å². The Morgan fingerprint density at radius 1 is 1.17 bits per heavy atom. The summed E-state index contributed by atoms with van der Waals surface area (Å²) in [5, 5.41) is 13.9. The fourth-order valence-corrected chi connectivity index (χ4v) is 2.80. The van der Waals surface area contributed by atoms with Crippen molar-refractivity contribution < 1.29 is 9.59 Å². The highest BCUT2D eigenvalue weighted by atomic mass is 16.2. The lowest BCUT2D eigenvalue weighted by Crippen LogP contribution is -2.39. The van der Waals surface area contributed by atoms with Crippen LogP contribution in [0.15, 0.2) is 30.6 Å². The summed E-state index contributed by atoms with van der Waals surface area (Å²) in [4.78, 5) is 26.2.